The zero-order valence-corrected chi connectivity index (χ0v) is 14.5. The molecule has 0 spiro atoms. The Hall–Kier alpha value is -2.89. The predicted molar refractivity (Wildman–Crippen MR) is 96.4 cm³/mol. The third kappa shape index (κ3) is 3.33. The third-order valence-electron chi connectivity index (χ3n) is 4.66. The third-order valence-corrected chi connectivity index (χ3v) is 4.66. The molecular weight excluding hydrogens is 316 g/mol. The van der Waals surface area contributed by atoms with Gasteiger partial charge >= 0.3 is 0 Å². The van der Waals surface area contributed by atoms with Crippen LogP contribution in [0.5, 0.6) is 0 Å². The van der Waals surface area contributed by atoms with Gasteiger partial charge in [-0.05, 0) is 30.2 Å². The maximum atomic E-state index is 13.1. The van der Waals surface area contributed by atoms with Crippen LogP contribution < -0.4 is 10.6 Å². The van der Waals surface area contributed by atoms with Gasteiger partial charge in [-0.2, -0.15) is 0 Å². The molecule has 2 aromatic rings. The van der Waals surface area contributed by atoms with E-state index in [1.165, 1.54) is 12.3 Å². The molecule has 2 amide bonds. The highest BCUT2D eigenvalue weighted by atomic mass is 16.2. The number of anilines is 1. The Morgan fingerprint density at radius 2 is 2.00 bits per heavy atom. The number of hydrogen-bond acceptors (Lipinski definition) is 4. The smallest absolute Gasteiger partial charge is 0.267 e. The molecule has 1 aliphatic heterocycles. The minimum Gasteiger partial charge on any atom is -0.372 e. The van der Waals surface area contributed by atoms with E-state index in [0.717, 1.165) is 24.2 Å². The van der Waals surface area contributed by atoms with Crippen LogP contribution in [0.2, 0.25) is 0 Å². The summed E-state index contributed by atoms with van der Waals surface area (Å²) in [6.07, 6.45) is 2.28. The number of para-hydroxylation sites is 1. The van der Waals surface area contributed by atoms with Gasteiger partial charge in [0.05, 0.1) is 5.56 Å². The van der Waals surface area contributed by atoms with Gasteiger partial charge in [0.15, 0.2) is 0 Å². The van der Waals surface area contributed by atoms with Crippen LogP contribution >= 0.6 is 0 Å². The first-order valence-corrected chi connectivity index (χ1v) is 8.37. The topological polar surface area (TPSA) is 79.5 Å². The molecule has 1 aromatic carbocycles. The van der Waals surface area contributed by atoms with E-state index in [1.54, 1.807) is 6.07 Å². The Balaban J connectivity index is 1.93. The lowest BCUT2D eigenvalue weighted by Crippen LogP contribution is -2.43. The number of nitrogens with zero attached hydrogens (tertiary/aromatic N) is 3. The summed E-state index contributed by atoms with van der Waals surface area (Å²) in [5, 5.41) is 0. The maximum absolute atomic E-state index is 13.1. The number of primary amides is 1. The average Bonchev–Trinajstić information content (AvgIpc) is 2.78. The Morgan fingerprint density at radius 1 is 1.24 bits per heavy atom. The van der Waals surface area contributed by atoms with Crippen LogP contribution in [-0.4, -0.2) is 41.3 Å². The lowest BCUT2D eigenvalue weighted by Gasteiger charge is -2.30. The second-order valence-electron chi connectivity index (χ2n) is 6.30. The number of hydrogen-bond donors (Lipinski definition) is 1. The largest absolute Gasteiger partial charge is 0.372 e. The first-order valence-electron chi connectivity index (χ1n) is 8.37. The van der Waals surface area contributed by atoms with Crippen molar-refractivity contribution in [1.82, 2.24) is 9.88 Å². The molecule has 0 saturated heterocycles. The highest BCUT2D eigenvalue weighted by Crippen LogP contribution is 2.28. The van der Waals surface area contributed by atoms with E-state index in [-0.39, 0.29) is 17.6 Å². The second kappa shape index (κ2) is 6.93. The standard InChI is InChI=1S/C19H22N4O2/c1-3-15-12-22(2)17-7-5-4-6-14(17)11-23(15)19(25)13-8-9-16(18(20)24)21-10-13/h4-10,15H,3,11-12H2,1-2H3,(H2,20,24)/t15-/m0/s1. The molecule has 3 rings (SSSR count). The first-order chi connectivity index (χ1) is 12.0. The summed E-state index contributed by atoms with van der Waals surface area (Å²) in [6, 6.07) is 11.3. The summed E-state index contributed by atoms with van der Waals surface area (Å²) in [7, 11) is 2.05. The maximum Gasteiger partial charge on any atom is 0.267 e. The van der Waals surface area contributed by atoms with E-state index in [0.29, 0.717) is 12.1 Å². The van der Waals surface area contributed by atoms with Crippen LogP contribution in [0.25, 0.3) is 0 Å². The monoisotopic (exact) mass is 338 g/mol. The summed E-state index contributed by atoms with van der Waals surface area (Å²) >= 11 is 0. The molecule has 2 N–H and O–H groups in total. The van der Waals surface area contributed by atoms with Gasteiger partial charge in [-0.3, -0.25) is 14.6 Å². The zero-order valence-electron chi connectivity index (χ0n) is 14.5. The van der Waals surface area contributed by atoms with Crippen LogP contribution in [0, 0.1) is 0 Å². The van der Waals surface area contributed by atoms with Crippen molar-refractivity contribution >= 4 is 17.5 Å². The summed E-state index contributed by atoms with van der Waals surface area (Å²) in [5.41, 5.74) is 8.11. The molecule has 0 radical (unpaired) electrons. The Labute approximate surface area is 147 Å². The quantitative estimate of drug-likeness (QED) is 0.929. The molecule has 1 aliphatic rings. The van der Waals surface area contributed by atoms with Crippen molar-refractivity contribution in [3.63, 3.8) is 0 Å². The number of likely N-dealkylation sites (N-methyl/N-ethyl adjacent to an activating group) is 1. The lowest BCUT2D eigenvalue weighted by atomic mass is 10.1. The molecular formula is C19H22N4O2. The van der Waals surface area contributed by atoms with Crippen LogP contribution in [0.15, 0.2) is 42.6 Å². The molecule has 130 valence electrons. The van der Waals surface area contributed by atoms with Crippen molar-refractivity contribution in [2.45, 2.75) is 25.9 Å². The fourth-order valence-electron chi connectivity index (χ4n) is 3.26. The van der Waals surface area contributed by atoms with Crippen LogP contribution in [-0.2, 0) is 6.54 Å². The minimum atomic E-state index is -0.601. The van der Waals surface area contributed by atoms with Crippen LogP contribution in [0.1, 0.15) is 39.8 Å². The molecule has 1 aromatic heterocycles. The van der Waals surface area contributed by atoms with Gasteiger partial charge < -0.3 is 15.5 Å². The van der Waals surface area contributed by atoms with Crippen molar-refractivity contribution in [2.75, 3.05) is 18.5 Å². The van der Waals surface area contributed by atoms with Gasteiger partial charge in [0.2, 0.25) is 0 Å². The average molecular weight is 338 g/mol. The molecule has 0 aliphatic carbocycles. The fourth-order valence-corrected chi connectivity index (χ4v) is 3.26. The number of carbonyl (C=O) groups excluding carboxylic acids is 2. The first kappa shape index (κ1) is 17.0. The molecule has 6 heteroatoms. The van der Waals surface area contributed by atoms with E-state index in [2.05, 4.69) is 36.0 Å². The SMILES string of the molecule is CC[C@H]1CN(C)c2ccccc2CN1C(=O)c1ccc(C(N)=O)nc1. The summed E-state index contributed by atoms with van der Waals surface area (Å²) in [6.45, 7) is 3.41. The van der Waals surface area contributed by atoms with E-state index >= 15 is 0 Å². The number of fused-ring (bicyclic) bond motifs is 1. The van der Waals surface area contributed by atoms with Gasteiger partial charge in [0, 0.05) is 38.1 Å². The molecule has 0 bridgehead atoms. The molecule has 0 fully saturated rings. The van der Waals surface area contributed by atoms with Gasteiger partial charge in [-0.15, -0.1) is 0 Å². The number of amides is 2. The van der Waals surface area contributed by atoms with Gasteiger partial charge in [-0.25, -0.2) is 0 Å². The van der Waals surface area contributed by atoms with Gasteiger partial charge in [0.1, 0.15) is 5.69 Å². The van der Waals surface area contributed by atoms with Gasteiger partial charge in [-0.1, -0.05) is 25.1 Å². The number of rotatable bonds is 3. The molecule has 2 heterocycles. The molecule has 0 unspecified atom stereocenters. The Kier molecular flexibility index (Phi) is 4.70. The summed E-state index contributed by atoms with van der Waals surface area (Å²) in [5.74, 6) is -0.684. The van der Waals surface area contributed by atoms with Crippen molar-refractivity contribution < 1.29 is 9.59 Å². The van der Waals surface area contributed by atoms with E-state index in [1.807, 2.05) is 17.0 Å². The molecule has 0 saturated carbocycles. The highest BCUT2D eigenvalue weighted by Gasteiger charge is 2.29. The molecule has 1 atom stereocenters. The number of pyridine rings is 1. The molecule has 6 nitrogen and oxygen atoms in total. The summed E-state index contributed by atoms with van der Waals surface area (Å²) < 4.78 is 0. The number of aromatic nitrogens is 1. The van der Waals surface area contributed by atoms with E-state index in [4.69, 9.17) is 5.73 Å². The van der Waals surface area contributed by atoms with Crippen molar-refractivity contribution in [3.05, 3.63) is 59.4 Å². The van der Waals surface area contributed by atoms with Crippen LogP contribution in [0.3, 0.4) is 0 Å². The Bertz CT molecular complexity index is 788. The van der Waals surface area contributed by atoms with Crippen molar-refractivity contribution in [1.29, 1.82) is 0 Å². The fraction of sp³-hybridized carbons (Fsp3) is 0.316. The zero-order chi connectivity index (χ0) is 18.0. The second-order valence-corrected chi connectivity index (χ2v) is 6.30. The van der Waals surface area contributed by atoms with E-state index in [9.17, 15) is 9.59 Å². The minimum absolute atomic E-state index is 0.0829. The lowest BCUT2D eigenvalue weighted by molar-refractivity contribution is 0.0666. The normalized spacial score (nSPS) is 17.0. The van der Waals surface area contributed by atoms with E-state index < -0.39 is 5.91 Å². The predicted octanol–water partition coefficient (Wildman–Crippen LogP) is 2.05. The van der Waals surface area contributed by atoms with Crippen molar-refractivity contribution in [3.8, 4) is 0 Å². The number of carbonyl (C=O) groups is 2. The highest BCUT2D eigenvalue weighted by molar-refractivity contribution is 5.96. The van der Waals surface area contributed by atoms with Crippen molar-refractivity contribution in [2.24, 2.45) is 5.73 Å². The van der Waals surface area contributed by atoms with Gasteiger partial charge in [0.25, 0.3) is 11.8 Å². The Morgan fingerprint density at radius 3 is 2.64 bits per heavy atom. The number of benzene rings is 1. The number of nitrogens with two attached hydrogens (primary N) is 1. The molecule has 25 heavy (non-hydrogen) atoms. The summed E-state index contributed by atoms with van der Waals surface area (Å²) in [4.78, 5) is 32.3. The van der Waals surface area contributed by atoms with Crippen LogP contribution in [0.4, 0.5) is 5.69 Å².